The highest BCUT2D eigenvalue weighted by molar-refractivity contribution is 7.84. The molecule has 0 aromatic carbocycles. The summed E-state index contributed by atoms with van der Waals surface area (Å²) in [6.07, 6.45) is 2.55. The molecule has 0 aromatic rings. The van der Waals surface area contributed by atoms with Crippen LogP contribution in [0.15, 0.2) is 28.4 Å². The molecule has 0 spiro atoms. The van der Waals surface area contributed by atoms with Crippen LogP contribution in [0.2, 0.25) is 0 Å². The second-order valence-corrected chi connectivity index (χ2v) is 1.91. The van der Waals surface area contributed by atoms with Gasteiger partial charge in [0.15, 0.2) is 0 Å². The molecule has 1 nitrogen and oxygen atoms in total. The van der Waals surface area contributed by atoms with Crippen LogP contribution in [0.25, 0.3) is 0 Å². The van der Waals surface area contributed by atoms with Crippen molar-refractivity contribution in [3.05, 3.63) is 23.4 Å². The first-order valence-electron chi connectivity index (χ1n) is 2.34. The van der Waals surface area contributed by atoms with Crippen LogP contribution in [0.4, 0.5) is 4.39 Å². The molecule has 0 atom stereocenters. The first-order valence-corrected chi connectivity index (χ1v) is 2.79. The summed E-state index contributed by atoms with van der Waals surface area (Å²) >= 11 is 3.67. The zero-order valence-corrected chi connectivity index (χ0v) is 6.03. The summed E-state index contributed by atoms with van der Waals surface area (Å²) in [6, 6.07) is 0. The minimum atomic E-state index is -0.455. The quantitative estimate of drug-likeness (QED) is 0.346. The minimum Gasteiger partial charge on any atom is -0.296 e. The SMILES string of the molecule is C=C(S)/C(F)=C\C=NC. The van der Waals surface area contributed by atoms with Crippen molar-refractivity contribution in [3.63, 3.8) is 0 Å². The highest BCUT2D eigenvalue weighted by Gasteiger charge is 1.90. The van der Waals surface area contributed by atoms with Gasteiger partial charge < -0.3 is 0 Å². The minimum absolute atomic E-state index is 0.120. The lowest BCUT2D eigenvalue weighted by atomic mass is 10.5. The van der Waals surface area contributed by atoms with Crippen LogP contribution < -0.4 is 0 Å². The second kappa shape index (κ2) is 4.32. The standard InChI is InChI=1S/C6H8FNS/c1-5(9)6(7)3-4-8-2/h3-4,9H,1H2,2H3/b6-3+,8-4?. The van der Waals surface area contributed by atoms with Crippen molar-refractivity contribution in [2.75, 3.05) is 7.05 Å². The van der Waals surface area contributed by atoms with Gasteiger partial charge in [-0.2, -0.15) is 0 Å². The predicted octanol–water partition coefficient (Wildman–Crippen LogP) is 1.98. The van der Waals surface area contributed by atoms with Gasteiger partial charge in [0.25, 0.3) is 0 Å². The van der Waals surface area contributed by atoms with E-state index in [0.29, 0.717) is 0 Å². The van der Waals surface area contributed by atoms with Crippen molar-refractivity contribution in [2.45, 2.75) is 0 Å². The monoisotopic (exact) mass is 145 g/mol. The molecule has 0 amide bonds. The van der Waals surface area contributed by atoms with E-state index in [1.807, 2.05) is 0 Å². The second-order valence-electron chi connectivity index (χ2n) is 1.37. The Hall–Kier alpha value is -0.570. The highest BCUT2D eigenvalue weighted by Crippen LogP contribution is 2.10. The summed E-state index contributed by atoms with van der Waals surface area (Å²) in [5, 5.41) is 0. The third kappa shape index (κ3) is 3.97. The molecule has 0 saturated carbocycles. The van der Waals surface area contributed by atoms with E-state index in [4.69, 9.17) is 0 Å². The average Bonchev–Trinajstić information content (AvgIpc) is 1.82. The molecular formula is C6H8FNS. The number of nitrogens with zero attached hydrogens (tertiary/aromatic N) is 1. The molecule has 0 aliphatic heterocycles. The van der Waals surface area contributed by atoms with Crippen molar-refractivity contribution in [2.24, 2.45) is 4.99 Å². The first-order chi connectivity index (χ1) is 4.18. The molecule has 3 heteroatoms. The summed E-state index contributed by atoms with van der Waals surface area (Å²) in [5.74, 6) is -0.455. The van der Waals surface area contributed by atoms with Crippen LogP contribution >= 0.6 is 12.6 Å². The lowest BCUT2D eigenvalue weighted by Crippen LogP contribution is -1.71. The number of rotatable bonds is 2. The van der Waals surface area contributed by atoms with Crippen molar-refractivity contribution < 1.29 is 4.39 Å². The summed E-state index contributed by atoms with van der Waals surface area (Å²) in [5.41, 5.74) is 0. The Morgan fingerprint density at radius 2 is 2.33 bits per heavy atom. The molecule has 0 bridgehead atoms. The van der Waals surface area contributed by atoms with Crippen LogP contribution in [0, 0.1) is 0 Å². The van der Waals surface area contributed by atoms with Crippen LogP contribution in [0.1, 0.15) is 0 Å². The van der Waals surface area contributed by atoms with E-state index in [1.165, 1.54) is 12.3 Å². The molecule has 0 radical (unpaired) electrons. The molecule has 0 unspecified atom stereocenters. The van der Waals surface area contributed by atoms with E-state index in [2.05, 4.69) is 24.2 Å². The Balaban J connectivity index is 4.00. The summed E-state index contributed by atoms with van der Waals surface area (Å²) in [6.45, 7) is 3.27. The maximum atomic E-state index is 12.3. The van der Waals surface area contributed by atoms with E-state index >= 15 is 0 Å². The van der Waals surface area contributed by atoms with Crippen molar-refractivity contribution >= 4 is 18.8 Å². The molecule has 0 fully saturated rings. The molecule has 50 valence electrons. The van der Waals surface area contributed by atoms with Crippen molar-refractivity contribution in [1.82, 2.24) is 0 Å². The van der Waals surface area contributed by atoms with Crippen LogP contribution in [0.3, 0.4) is 0 Å². The Morgan fingerprint density at radius 1 is 1.78 bits per heavy atom. The third-order valence-corrected chi connectivity index (χ3v) is 0.859. The Labute approximate surface area is 59.4 Å². The summed E-state index contributed by atoms with van der Waals surface area (Å²) in [7, 11) is 1.56. The van der Waals surface area contributed by atoms with Gasteiger partial charge in [0.05, 0.1) is 0 Å². The van der Waals surface area contributed by atoms with Crippen LogP contribution in [-0.2, 0) is 0 Å². The summed E-state index contributed by atoms with van der Waals surface area (Å²) < 4.78 is 12.3. The predicted molar refractivity (Wildman–Crippen MR) is 41.7 cm³/mol. The zero-order valence-electron chi connectivity index (χ0n) is 5.13. The maximum absolute atomic E-state index is 12.3. The number of hydrogen-bond acceptors (Lipinski definition) is 2. The number of halogens is 1. The highest BCUT2D eigenvalue weighted by atomic mass is 32.1. The van der Waals surface area contributed by atoms with Gasteiger partial charge in [-0.3, -0.25) is 4.99 Å². The van der Waals surface area contributed by atoms with E-state index < -0.39 is 5.83 Å². The van der Waals surface area contributed by atoms with Gasteiger partial charge in [-0.1, -0.05) is 6.58 Å². The molecule has 0 rings (SSSR count). The number of aliphatic imine (C=N–C) groups is 1. The summed E-state index contributed by atoms with van der Waals surface area (Å²) in [4.78, 5) is 3.66. The normalized spacial score (nSPS) is 12.6. The molecule has 0 N–H and O–H groups in total. The Bertz CT molecular complexity index is 160. The largest absolute Gasteiger partial charge is 0.296 e. The molecule has 0 heterocycles. The van der Waals surface area contributed by atoms with E-state index in [1.54, 1.807) is 7.05 Å². The first kappa shape index (κ1) is 8.43. The van der Waals surface area contributed by atoms with E-state index in [-0.39, 0.29) is 4.91 Å². The van der Waals surface area contributed by atoms with Crippen molar-refractivity contribution in [1.29, 1.82) is 0 Å². The van der Waals surface area contributed by atoms with Gasteiger partial charge in [0.2, 0.25) is 0 Å². The van der Waals surface area contributed by atoms with E-state index in [0.717, 1.165) is 0 Å². The van der Waals surface area contributed by atoms with Crippen molar-refractivity contribution in [3.8, 4) is 0 Å². The lowest BCUT2D eigenvalue weighted by Gasteiger charge is -1.86. The zero-order chi connectivity index (χ0) is 7.28. The number of hydrogen-bond donors (Lipinski definition) is 1. The number of allylic oxidation sites excluding steroid dienone is 2. The average molecular weight is 145 g/mol. The molecule has 0 saturated heterocycles. The van der Waals surface area contributed by atoms with Gasteiger partial charge in [0.1, 0.15) is 5.83 Å². The maximum Gasteiger partial charge on any atom is 0.137 e. The molecule has 0 aromatic heterocycles. The lowest BCUT2D eigenvalue weighted by molar-refractivity contribution is 0.666. The fourth-order valence-electron chi connectivity index (χ4n) is 0.236. The van der Waals surface area contributed by atoms with Gasteiger partial charge >= 0.3 is 0 Å². The van der Waals surface area contributed by atoms with Gasteiger partial charge in [-0.25, -0.2) is 4.39 Å². The Kier molecular flexibility index (Phi) is 4.05. The van der Waals surface area contributed by atoms with E-state index in [9.17, 15) is 4.39 Å². The topological polar surface area (TPSA) is 12.4 Å². The molecule has 0 aliphatic rings. The van der Waals surface area contributed by atoms with Gasteiger partial charge in [-0.15, -0.1) is 12.6 Å². The third-order valence-electron chi connectivity index (χ3n) is 0.646. The Morgan fingerprint density at radius 3 is 2.67 bits per heavy atom. The number of thiol groups is 1. The fraction of sp³-hybridized carbons (Fsp3) is 0.167. The molecular weight excluding hydrogens is 137 g/mol. The van der Waals surface area contributed by atoms with Gasteiger partial charge in [0, 0.05) is 18.2 Å². The molecule has 0 aliphatic carbocycles. The fourth-order valence-corrected chi connectivity index (χ4v) is 0.311. The van der Waals surface area contributed by atoms with Crippen LogP contribution in [0.5, 0.6) is 0 Å². The van der Waals surface area contributed by atoms with Crippen LogP contribution in [-0.4, -0.2) is 13.3 Å². The van der Waals surface area contributed by atoms with Gasteiger partial charge in [-0.05, 0) is 6.08 Å². The molecule has 9 heavy (non-hydrogen) atoms. The smallest absolute Gasteiger partial charge is 0.137 e.